The number of amides is 3. The molecule has 0 bridgehead atoms. The Labute approximate surface area is 483 Å². The topological polar surface area (TPSA) is 146 Å². The van der Waals surface area contributed by atoms with E-state index in [-0.39, 0.29) is 34.6 Å². The van der Waals surface area contributed by atoms with Gasteiger partial charge in [-0.25, -0.2) is 4.79 Å². The number of rotatable bonds is 22. The summed E-state index contributed by atoms with van der Waals surface area (Å²) < 4.78 is 19.6. The molecule has 1 aromatic heterocycles. The van der Waals surface area contributed by atoms with Gasteiger partial charge in [0.05, 0.1) is 17.3 Å². The van der Waals surface area contributed by atoms with Gasteiger partial charge in [-0.05, 0) is 114 Å². The van der Waals surface area contributed by atoms with Crippen LogP contribution >= 0.6 is 0 Å². The largest absolute Gasteiger partial charge is 0.487 e. The maximum Gasteiger partial charge on any atom is 0.411 e. The highest BCUT2D eigenvalue weighted by Crippen LogP contribution is 2.42. The summed E-state index contributed by atoms with van der Waals surface area (Å²) in [5.41, 5.74) is 9.14. The zero-order valence-electron chi connectivity index (χ0n) is 48.0. The standard InChI is InChI=1S/C68H76N6O7Si/c1-68(2,3)82(5,6)81-62(58-33-35-61(65-59(58)34-36-63(75)71-65)79-48-51-21-12-8-13-22-51)47-74(46-50-19-10-7-11-20-50)41-37-49-29-31-54(32-30-49)69-66(77)53-25-18-26-55(45-53)72(4)64(76)40-44-73-42-38-56(39-43-73)80-67(78)70-60-28-17-16-27-57(60)52-23-14-9-15-24-52/h7-36,45,56,62H,37-44,46-48H2,1-6H3,(H,69,77)(H,70,78)(H,71,75)/t62-/m0/s1. The van der Waals surface area contributed by atoms with Crippen molar-refractivity contribution < 1.29 is 28.3 Å². The van der Waals surface area contributed by atoms with Crippen molar-refractivity contribution in [2.24, 2.45) is 0 Å². The molecule has 0 spiro atoms. The first-order chi connectivity index (χ1) is 39.5. The van der Waals surface area contributed by atoms with Gasteiger partial charge in [0, 0.05) is 86.7 Å². The van der Waals surface area contributed by atoms with Crippen LogP contribution in [-0.2, 0) is 33.5 Å². The third-order valence-corrected chi connectivity index (χ3v) is 20.4. The number of para-hydroxylation sites is 1. The van der Waals surface area contributed by atoms with Gasteiger partial charge in [-0.1, -0.05) is 154 Å². The normalized spacial score (nSPS) is 13.6. The van der Waals surface area contributed by atoms with Gasteiger partial charge in [0.15, 0.2) is 8.32 Å². The lowest BCUT2D eigenvalue weighted by atomic mass is 10.0. The summed E-state index contributed by atoms with van der Waals surface area (Å²) in [5, 5.41) is 6.82. The summed E-state index contributed by atoms with van der Waals surface area (Å²) in [5.74, 6) is 0.271. The zero-order chi connectivity index (χ0) is 57.6. The Morgan fingerprint density at radius 3 is 2.11 bits per heavy atom. The second-order valence-electron chi connectivity index (χ2n) is 22.8. The van der Waals surface area contributed by atoms with Gasteiger partial charge >= 0.3 is 6.09 Å². The fourth-order valence-electron chi connectivity index (χ4n) is 10.1. The molecule has 1 aliphatic heterocycles. The third-order valence-electron chi connectivity index (χ3n) is 15.9. The number of carbonyl (C=O) groups excluding carboxylic acids is 3. The zero-order valence-corrected chi connectivity index (χ0v) is 49.0. The van der Waals surface area contributed by atoms with Gasteiger partial charge < -0.3 is 34.0 Å². The number of hydrogen-bond acceptors (Lipinski definition) is 9. The van der Waals surface area contributed by atoms with E-state index in [9.17, 15) is 19.2 Å². The molecule has 3 N–H and O–H groups in total. The monoisotopic (exact) mass is 1120 g/mol. The highest BCUT2D eigenvalue weighted by atomic mass is 28.4. The lowest BCUT2D eigenvalue weighted by molar-refractivity contribution is -0.118. The molecule has 82 heavy (non-hydrogen) atoms. The molecule has 14 heteroatoms. The van der Waals surface area contributed by atoms with Crippen molar-refractivity contribution in [3.63, 3.8) is 0 Å². The first kappa shape index (κ1) is 58.5. The van der Waals surface area contributed by atoms with E-state index < -0.39 is 14.4 Å². The molecule has 8 aromatic rings. The number of aromatic nitrogens is 1. The van der Waals surface area contributed by atoms with Crippen molar-refractivity contribution in [1.82, 2.24) is 14.8 Å². The highest BCUT2D eigenvalue weighted by molar-refractivity contribution is 6.74. The number of anilines is 3. The Hall–Kier alpha value is -8.14. The van der Waals surface area contributed by atoms with E-state index >= 15 is 0 Å². The lowest BCUT2D eigenvalue weighted by Gasteiger charge is -2.41. The van der Waals surface area contributed by atoms with Crippen molar-refractivity contribution in [2.75, 3.05) is 55.3 Å². The molecule has 1 aliphatic rings. The van der Waals surface area contributed by atoms with Crippen molar-refractivity contribution >= 4 is 54.2 Å². The number of aromatic amines is 1. The van der Waals surface area contributed by atoms with Gasteiger partial charge in [0.25, 0.3) is 5.91 Å². The predicted molar refractivity (Wildman–Crippen MR) is 332 cm³/mol. The minimum Gasteiger partial charge on any atom is -0.487 e. The number of carbonyl (C=O) groups is 3. The SMILES string of the molecule is CN(C(=O)CCN1CCC(OC(=O)Nc2ccccc2-c2ccccc2)CC1)c1cccc(C(=O)Nc2ccc(CCN(Cc3ccccc3)C[C@H](O[Si](C)(C)C(C)(C)C)c3ccc(OCc4ccccc4)c4[nH]c(=O)ccc34)cc2)c1. The number of nitrogens with zero attached hydrogens (tertiary/aromatic N) is 3. The molecular weight excluding hydrogens is 1040 g/mol. The van der Waals surface area contributed by atoms with Crippen LogP contribution in [0.25, 0.3) is 22.0 Å². The van der Waals surface area contributed by atoms with Gasteiger partial charge in [0.2, 0.25) is 11.5 Å². The quantitative estimate of drug-likeness (QED) is 0.0565. The Bertz CT molecular complexity index is 3470. The number of ether oxygens (including phenoxy) is 2. The van der Waals surface area contributed by atoms with Crippen molar-refractivity contribution in [1.29, 1.82) is 0 Å². The Kier molecular flexibility index (Phi) is 19.3. The van der Waals surface area contributed by atoms with Gasteiger partial charge in [0.1, 0.15) is 18.5 Å². The molecule has 7 aromatic carbocycles. The lowest BCUT2D eigenvalue weighted by Crippen LogP contribution is -2.44. The maximum atomic E-state index is 13.7. The molecule has 2 heterocycles. The van der Waals surface area contributed by atoms with Gasteiger partial charge in [-0.15, -0.1) is 0 Å². The fraction of sp³-hybridized carbons (Fsp3) is 0.294. The van der Waals surface area contributed by atoms with Crippen LogP contribution in [0.4, 0.5) is 21.9 Å². The van der Waals surface area contributed by atoms with Crippen LogP contribution in [0.3, 0.4) is 0 Å². The Morgan fingerprint density at radius 2 is 1.40 bits per heavy atom. The molecule has 3 amide bonds. The van der Waals surface area contributed by atoms with E-state index in [0.29, 0.717) is 92.5 Å². The summed E-state index contributed by atoms with van der Waals surface area (Å²) in [6.07, 6.45) is 1.37. The number of likely N-dealkylation sites (tertiary alicyclic amines) is 1. The van der Waals surface area contributed by atoms with E-state index in [4.69, 9.17) is 13.9 Å². The highest BCUT2D eigenvalue weighted by Gasteiger charge is 2.40. The number of nitrogens with one attached hydrogen (secondary N) is 3. The van der Waals surface area contributed by atoms with Gasteiger partial charge in [-0.3, -0.25) is 24.6 Å². The van der Waals surface area contributed by atoms with E-state index in [1.807, 2.05) is 121 Å². The van der Waals surface area contributed by atoms with Crippen molar-refractivity contribution in [3.05, 3.63) is 226 Å². The number of pyridine rings is 1. The molecule has 0 saturated carbocycles. The second kappa shape index (κ2) is 27.1. The van der Waals surface area contributed by atoms with E-state index in [1.54, 1.807) is 36.2 Å². The van der Waals surface area contributed by atoms with E-state index in [1.165, 1.54) is 5.56 Å². The van der Waals surface area contributed by atoms with E-state index in [2.05, 4.69) is 102 Å². The molecule has 1 fully saturated rings. The number of hydrogen-bond donors (Lipinski definition) is 3. The summed E-state index contributed by atoms with van der Waals surface area (Å²) in [6, 6.07) is 60.7. The molecule has 0 unspecified atom stereocenters. The minimum atomic E-state index is -2.35. The van der Waals surface area contributed by atoms with Crippen LogP contribution in [-0.4, -0.2) is 86.9 Å². The molecule has 9 rings (SSSR count). The average molecular weight is 1120 g/mol. The molecule has 1 atom stereocenters. The first-order valence-electron chi connectivity index (χ1n) is 28.4. The molecular formula is C68H76N6O7Si. The van der Waals surface area contributed by atoms with Crippen molar-refractivity contribution in [2.45, 2.75) is 89.9 Å². The number of H-pyrrole nitrogens is 1. The minimum absolute atomic E-state index is 0.0612. The number of fused-ring (bicyclic) bond motifs is 1. The first-order valence-corrected chi connectivity index (χ1v) is 31.3. The molecule has 0 aliphatic carbocycles. The predicted octanol–water partition coefficient (Wildman–Crippen LogP) is 13.9. The van der Waals surface area contributed by atoms with Crippen LogP contribution in [0.1, 0.15) is 78.7 Å². The number of benzene rings is 7. The molecule has 13 nitrogen and oxygen atoms in total. The Morgan fingerprint density at radius 1 is 0.732 bits per heavy atom. The third kappa shape index (κ3) is 15.6. The molecule has 0 radical (unpaired) electrons. The maximum absolute atomic E-state index is 13.7. The summed E-state index contributed by atoms with van der Waals surface area (Å²) in [7, 11) is -0.615. The molecule has 1 saturated heterocycles. The Balaban J connectivity index is 0.797. The van der Waals surface area contributed by atoms with Crippen LogP contribution < -0.4 is 25.8 Å². The summed E-state index contributed by atoms with van der Waals surface area (Å²) in [4.78, 5) is 62.5. The van der Waals surface area contributed by atoms with Crippen LogP contribution in [0.15, 0.2) is 193 Å². The summed E-state index contributed by atoms with van der Waals surface area (Å²) >= 11 is 0. The van der Waals surface area contributed by atoms with Crippen LogP contribution in [0.2, 0.25) is 18.1 Å². The fourth-order valence-corrected chi connectivity index (χ4v) is 11.4. The average Bonchev–Trinajstić information content (AvgIpc) is 3.67. The van der Waals surface area contributed by atoms with Crippen LogP contribution in [0.5, 0.6) is 5.75 Å². The second-order valence-corrected chi connectivity index (χ2v) is 27.5. The summed E-state index contributed by atoms with van der Waals surface area (Å²) in [6.45, 7) is 15.7. The van der Waals surface area contributed by atoms with Crippen LogP contribution in [0, 0.1) is 0 Å². The van der Waals surface area contributed by atoms with Crippen molar-refractivity contribution in [3.8, 4) is 16.9 Å². The van der Waals surface area contributed by atoms with Gasteiger partial charge in [-0.2, -0.15) is 0 Å². The number of piperidine rings is 1. The smallest absolute Gasteiger partial charge is 0.411 e. The molecule has 424 valence electrons. The van der Waals surface area contributed by atoms with E-state index in [0.717, 1.165) is 46.2 Å².